The summed E-state index contributed by atoms with van der Waals surface area (Å²) in [6.45, 7) is 3.40. The van der Waals surface area contributed by atoms with E-state index < -0.39 is 0 Å². The summed E-state index contributed by atoms with van der Waals surface area (Å²) in [6, 6.07) is 5.24. The van der Waals surface area contributed by atoms with E-state index in [2.05, 4.69) is 10.4 Å². The molecule has 0 spiro atoms. The third kappa shape index (κ3) is 3.59. The number of aryl methyl sites for hydroxylation is 1. The van der Waals surface area contributed by atoms with Gasteiger partial charge in [0.1, 0.15) is 12.4 Å². The average molecular weight is 335 g/mol. The van der Waals surface area contributed by atoms with Gasteiger partial charge in [-0.15, -0.1) is 0 Å². The lowest BCUT2D eigenvalue weighted by molar-refractivity contribution is 0.184. The van der Waals surface area contributed by atoms with Crippen molar-refractivity contribution in [2.24, 2.45) is 7.05 Å². The first-order valence-corrected chi connectivity index (χ1v) is 7.86. The fraction of sp³-hybridized carbons (Fsp3) is 0.375. The van der Waals surface area contributed by atoms with E-state index in [4.69, 9.17) is 16.3 Å². The Labute approximate surface area is 140 Å². The van der Waals surface area contributed by atoms with Gasteiger partial charge < -0.3 is 15.0 Å². The Hall–Kier alpha value is -2.21. The summed E-state index contributed by atoms with van der Waals surface area (Å²) < 4.78 is 7.40. The number of aromatic nitrogens is 2. The molecule has 0 bridgehead atoms. The molecule has 23 heavy (non-hydrogen) atoms. The first kappa shape index (κ1) is 15.7. The molecule has 2 aromatic rings. The van der Waals surface area contributed by atoms with Crippen molar-refractivity contribution < 1.29 is 9.53 Å². The summed E-state index contributed by atoms with van der Waals surface area (Å²) in [5.74, 6) is 0.782. The minimum Gasteiger partial charge on any atom is -0.491 e. The second-order valence-corrected chi connectivity index (χ2v) is 6.08. The highest BCUT2D eigenvalue weighted by molar-refractivity contribution is 6.30. The topological polar surface area (TPSA) is 59.4 Å². The lowest BCUT2D eigenvalue weighted by Gasteiger charge is -2.23. The number of hydrogen-bond donors (Lipinski definition) is 1. The maximum Gasteiger partial charge on any atom is 0.318 e. The van der Waals surface area contributed by atoms with Crippen molar-refractivity contribution >= 4 is 17.6 Å². The zero-order chi connectivity index (χ0) is 16.4. The van der Waals surface area contributed by atoms with Crippen LogP contribution in [0.1, 0.15) is 24.1 Å². The summed E-state index contributed by atoms with van der Waals surface area (Å²) in [6.07, 6.45) is 3.65. The first-order chi connectivity index (χ1) is 11.0. The predicted octanol–water partition coefficient (Wildman–Crippen LogP) is 2.74. The molecule has 0 radical (unpaired) electrons. The lowest BCUT2D eigenvalue weighted by Crippen LogP contribution is -2.41. The van der Waals surface area contributed by atoms with Crippen LogP contribution in [-0.2, 0) is 13.6 Å². The van der Waals surface area contributed by atoms with Crippen LogP contribution in [0.5, 0.6) is 5.75 Å². The molecule has 1 unspecified atom stereocenters. The fourth-order valence-corrected chi connectivity index (χ4v) is 2.75. The quantitative estimate of drug-likeness (QED) is 0.918. The highest BCUT2D eigenvalue weighted by atomic mass is 35.5. The highest BCUT2D eigenvalue weighted by Gasteiger charge is 2.21. The van der Waals surface area contributed by atoms with E-state index >= 15 is 0 Å². The molecule has 1 atom stereocenters. The van der Waals surface area contributed by atoms with Gasteiger partial charge in [0.15, 0.2) is 0 Å². The summed E-state index contributed by atoms with van der Waals surface area (Å²) in [5, 5.41) is 7.76. The molecular weight excluding hydrogens is 316 g/mol. The van der Waals surface area contributed by atoms with Gasteiger partial charge in [-0.3, -0.25) is 4.68 Å². The number of hydrogen-bond acceptors (Lipinski definition) is 3. The molecule has 2 amide bonds. The zero-order valence-corrected chi connectivity index (χ0v) is 13.9. The summed E-state index contributed by atoms with van der Waals surface area (Å²) >= 11 is 6.04. The molecule has 0 fully saturated rings. The Morgan fingerprint density at radius 2 is 2.30 bits per heavy atom. The Morgan fingerprint density at radius 1 is 1.48 bits per heavy atom. The van der Waals surface area contributed by atoms with Gasteiger partial charge in [-0.1, -0.05) is 11.6 Å². The SMILES string of the molecule is CC(NC(=O)N1CCOc2ccc(Cl)cc2C1)c1cnn(C)c1. The third-order valence-electron chi connectivity index (χ3n) is 3.85. The molecule has 6 nitrogen and oxygen atoms in total. The van der Waals surface area contributed by atoms with E-state index in [0.29, 0.717) is 24.7 Å². The fourth-order valence-electron chi connectivity index (χ4n) is 2.56. The van der Waals surface area contributed by atoms with Crippen LogP contribution < -0.4 is 10.1 Å². The molecule has 2 heterocycles. The van der Waals surface area contributed by atoms with E-state index in [9.17, 15) is 4.79 Å². The van der Waals surface area contributed by atoms with Crippen LogP contribution in [0.4, 0.5) is 4.79 Å². The van der Waals surface area contributed by atoms with Gasteiger partial charge in [0, 0.05) is 29.4 Å². The van der Waals surface area contributed by atoms with Gasteiger partial charge in [0.05, 0.1) is 25.3 Å². The van der Waals surface area contributed by atoms with Gasteiger partial charge >= 0.3 is 6.03 Å². The van der Waals surface area contributed by atoms with Crippen molar-refractivity contribution in [2.75, 3.05) is 13.2 Å². The molecule has 1 aromatic heterocycles. The predicted molar refractivity (Wildman–Crippen MR) is 87.5 cm³/mol. The van der Waals surface area contributed by atoms with Crippen molar-refractivity contribution in [3.05, 3.63) is 46.7 Å². The van der Waals surface area contributed by atoms with Gasteiger partial charge in [-0.2, -0.15) is 5.10 Å². The molecule has 1 aliphatic heterocycles. The number of benzene rings is 1. The van der Waals surface area contributed by atoms with Gasteiger partial charge in [-0.05, 0) is 25.1 Å². The maximum absolute atomic E-state index is 12.5. The van der Waals surface area contributed by atoms with E-state index in [1.165, 1.54) is 0 Å². The highest BCUT2D eigenvalue weighted by Crippen LogP contribution is 2.26. The van der Waals surface area contributed by atoms with E-state index in [0.717, 1.165) is 16.9 Å². The van der Waals surface area contributed by atoms with Crippen molar-refractivity contribution in [1.82, 2.24) is 20.0 Å². The Morgan fingerprint density at radius 3 is 3.04 bits per heavy atom. The standard InChI is InChI=1S/C16H19ClN4O2/c1-11(13-8-18-20(2)9-13)19-16(22)21-5-6-23-15-4-3-14(17)7-12(15)10-21/h3-4,7-9,11H,5-6,10H2,1-2H3,(H,19,22). The summed E-state index contributed by atoms with van der Waals surface area (Å²) in [4.78, 5) is 14.3. The Kier molecular flexibility index (Phi) is 4.43. The molecule has 0 saturated heterocycles. The van der Waals surface area contributed by atoms with E-state index in [1.54, 1.807) is 21.8 Å². The molecule has 122 valence electrons. The van der Waals surface area contributed by atoms with Crippen LogP contribution in [0, 0.1) is 0 Å². The van der Waals surface area contributed by atoms with Crippen LogP contribution in [0.3, 0.4) is 0 Å². The molecule has 0 aliphatic carbocycles. The lowest BCUT2D eigenvalue weighted by atomic mass is 10.2. The molecule has 1 N–H and O–H groups in total. The Bertz CT molecular complexity index is 716. The number of carbonyl (C=O) groups excluding carboxylic acids is 1. The number of halogens is 1. The largest absolute Gasteiger partial charge is 0.491 e. The van der Waals surface area contributed by atoms with E-state index in [1.807, 2.05) is 32.3 Å². The Balaban J connectivity index is 1.70. The van der Waals surface area contributed by atoms with Crippen molar-refractivity contribution in [3.63, 3.8) is 0 Å². The van der Waals surface area contributed by atoms with Crippen LogP contribution in [0.15, 0.2) is 30.6 Å². The summed E-state index contributed by atoms with van der Waals surface area (Å²) in [7, 11) is 1.85. The van der Waals surface area contributed by atoms with Gasteiger partial charge in [0.25, 0.3) is 0 Å². The smallest absolute Gasteiger partial charge is 0.318 e. The average Bonchev–Trinajstić information content (AvgIpc) is 2.83. The number of fused-ring (bicyclic) bond motifs is 1. The third-order valence-corrected chi connectivity index (χ3v) is 4.09. The molecule has 1 aromatic carbocycles. The molecule has 7 heteroatoms. The van der Waals surface area contributed by atoms with Gasteiger partial charge in [-0.25, -0.2) is 4.79 Å². The second kappa shape index (κ2) is 6.50. The van der Waals surface area contributed by atoms with Crippen LogP contribution in [0.2, 0.25) is 5.02 Å². The molecule has 0 saturated carbocycles. The number of ether oxygens (including phenoxy) is 1. The number of nitrogens with zero attached hydrogens (tertiary/aromatic N) is 3. The van der Waals surface area contributed by atoms with Crippen LogP contribution in [-0.4, -0.2) is 33.9 Å². The minimum absolute atomic E-state index is 0.112. The van der Waals surface area contributed by atoms with Crippen molar-refractivity contribution in [3.8, 4) is 5.75 Å². The number of rotatable bonds is 2. The number of urea groups is 1. The molecular formula is C16H19ClN4O2. The number of carbonyl (C=O) groups is 1. The van der Waals surface area contributed by atoms with Gasteiger partial charge in [0.2, 0.25) is 0 Å². The molecule has 3 rings (SSSR count). The maximum atomic E-state index is 12.5. The van der Waals surface area contributed by atoms with E-state index in [-0.39, 0.29) is 12.1 Å². The number of amides is 2. The zero-order valence-electron chi connectivity index (χ0n) is 13.1. The summed E-state index contributed by atoms with van der Waals surface area (Å²) in [5.41, 5.74) is 1.88. The number of nitrogens with one attached hydrogen (secondary N) is 1. The van der Waals surface area contributed by atoms with Crippen molar-refractivity contribution in [1.29, 1.82) is 0 Å². The minimum atomic E-state index is -0.127. The van der Waals surface area contributed by atoms with Crippen LogP contribution >= 0.6 is 11.6 Å². The monoisotopic (exact) mass is 334 g/mol. The normalized spacial score (nSPS) is 15.3. The van der Waals surface area contributed by atoms with Crippen LogP contribution in [0.25, 0.3) is 0 Å². The first-order valence-electron chi connectivity index (χ1n) is 7.48. The van der Waals surface area contributed by atoms with Crippen molar-refractivity contribution in [2.45, 2.75) is 19.5 Å². The second-order valence-electron chi connectivity index (χ2n) is 5.64. The molecule has 1 aliphatic rings.